The number of methoxy groups -OCH3 is 1. The molecular formula is C15H22N6O2. The lowest BCUT2D eigenvalue weighted by Gasteiger charge is -2.12. The fraction of sp³-hybridized carbons (Fsp3) is 0.533. The second-order valence-electron chi connectivity index (χ2n) is 5.52. The first-order valence-electron chi connectivity index (χ1n) is 7.70. The van der Waals surface area contributed by atoms with Crippen molar-refractivity contribution in [3.05, 3.63) is 30.0 Å². The minimum absolute atomic E-state index is 0.282. The predicted octanol–water partition coefficient (Wildman–Crippen LogP) is 1.02. The van der Waals surface area contributed by atoms with E-state index < -0.39 is 0 Å². The van der Waals surface area contributed by atoms with Crippen molar-refractivity contribution in [1.82, 2.24) is 19.5 Å². The number of nitrogens with zero attached hydrogens (tertiary/aromatic N) is 4. The van der Waals surface area contributed by atoms with Crippen LogP contribution in [0.4, 0.5) is 11.8 Å². The molecule has 124 valence electrons. The van der Waals surface area contributed by atoms with E-state index in [-0.39, 0.29) is 5.95 Å². The fourth-order valence-corrected chi connectivity index (χ4v) is 2.62. The lowest BCUT2D eigenvalue weighted by molar-refractivity contribution is 0.186. The van der Waals surface area contributed by atoms with Gasteiger partial charge in [-0.2, -0.15) is 4.98 Å². The maximum absolute atomic E-state index is 5.83. The van der Waals surface area contributed by atoms with E-state index in [9.17, 15) is 0 Å². The first-order valence-corrected chi connectivity index (χ1v) is 7.70. The Kier molecular flexibility index (Phi) is 5.04. The van der Waals surface area contributed by atoms with Crippen LogP contribution in [-0.2, 0) is 22.6 Å². The van der Waals surface area contributed by atoms with Crippen LogP contribution in [0.2, 0.25) is 0 Å². The number of anilines is 2. The monoisotopic (exact) mass is 318 g/mol. The minimum Gasteiger partial charge on any atom is -0.383 e. The van der Waals surface area contributed by atoms with Crippen molar-refractivity contribution in [2.75, 3.05) is 38.0 Å². The molecule has 8 heteroatoms. The number of hydrogen-bond acceptors (Lipinski definition) is 7. The molecule has 0 aliphatic carbocycles. The molecule has 8 nitrogen and oxygen atoms in total. The summed E-state index contributed by atoms with van der Waals surface area (Å²) in [7, 11) is 1.69. The van der Waals surface area contributed by atoms with E-state index in [1.807, 2.05) is 16.8 Å². The van der Waals surface area contributed by atoms with Gasteiger partial charge in [-0.3, -0.25) is 0 Å². The van der Waals surface area contributed by atoms with Crippen LogP contribution in [0, 0.1) is 0 Å². The zero-order valence-electron chi connectivity index (χ0n) is 13.2. The summed E-state index contributed by atoms with van der Waals surface area (Å²) in [5, 5.41) is 3.29. The van der Waals surface area contributed by atoms with Crippen LogP contribution < -0.4 is 11.1 Å². The van der Waals surface area contributed by atoms with E-state index in [0.717, 1.165) is 36.8 Å². The number of imidazole rings is 1. The topological polar surface area (TPSA) is 100 Å². The Morgan fingerprint density at radius 2 is 2.39 bits per heavy atom. The van der Waals surface area contributed by atoms with E-state index in [1.165, 1.54) is 0 Å². The van der Waals surface area contributed by atoms with Crippen LogP contribution >= 0.6 is 0 Å². The summed E-state index contributed by atoms with van der Waals surface area (Å²) >= 11 is 0. The average Bonchev–Trinajstić information content (AvgIpc) is 3.22. The molecule has 2 aromatic heterocycles. The molecule has 23 heavy (non-hydrogen) atoms. The Labute approximate surface area is 135 Å². The highest BCUT2D eigenvalue weighted by atomic mass is 16.5. The zero-order chi connectivity index (χ0) is 16.1. The Hall–Kier alpha value is -2.19. The van der Waals surface area contributed by atoms with Gasteiger partial charge in [-0.1, -0.05) is 0 Å². The summed E-state index contributed by atoms with van der Waals surface area (Å²) in [5.74, 6) is 1.30. The van der Waals surface area contributed by atoms with Gasteiger partial charge in [0.15, 0.2) is 0 Å². The smallest absolute Gasteiger partial charge is 0.222 e. The van der Waals surface area contributed by atoms with Crippen molar-refractivity contribution in [3.63, 3.8) is 0 Å². The van der Waals surface area contributed by atoms with E-state index in [1.54, 1.807) is 13.4 Å². The molecule has 0 aromatic carbocycles. The number of nitrogens with two attached hydrogens (primary N) is 1. The van der Waals surface area contributed by atoms with Gasteiger partial charge in [0, 0.05) is 38.4 Å². The molecule has 3 heterocycles. The highest BCUT2D eigenvalue weighted by Gasteiger charge is 2.20. The van der Waals surface area contributed by atoms with Crippen LogP contribution in [-0.4, -0.2) is 46.4 Å². The number of nitrogens with one attached hydrogen (secondary N) is 1. The van der Waals surface area contributed by atoms with Gasteiger partial charge in [0.2, 0.25) is 5.95 Å². The third-order valence-electron chi connectivity index (χ3n) is 3.90. The van der Waals surface area contributed by atoms with Gasteiger partial charge in [-0.05, 0) is 6.42 Å². The highest BCUT2D eigenvalue weighted by Crippen LogP contribution is 2.25. The first kappa shape index (κ1) is 15.7. The van der Waals surface area contributed by atoms with Crippen molar-refractivity contribution in [3.8, 4) is 0 Å². The molecule has 0 radical (unpaired) electrons. The van der Waals surface area contributed by atoms with Crippen molar-refractivity contribution in [1.29, 1.82) is 0 Å². The molecule has 1 aliphatic rings. The molecule has 2 aromatic rings. The normalized spacial score (nSPS) is 17.5. The minimum atomic E-state index is 0.282. The van der Waals surface area contributed by atoms with Gasteiger partial charge in [-0.25, -0.2) is 9.97 Å². The second-order valence-corrected chi connectivity index (χ2v) is 5.52. The highest BCUT2D eigenvalue weighted by molar-refractivity contribution is 5.42. The van der Waals surface area contributed by atoms with Crippen molar-refractivity contribution in [2.24, 2.45) is 0 Å². The molecule has 1 fully saturated rings. The third-order valence-corrected chi connectivity index (χ3v) is 3.90. The SMILES string of the molecule is COCCn1cncc1CNc1cc([C@@H]2CCOC2)nc(N)n1. The molecule has 0 amide bonds. The summed E-state index contributed by atoms with van der Waals surface area (Å²) in [6.45, 7) is 3.50. The Morgan fingerprint density at radius 3 is 3.17 bits per heavy atom. The zero-order valence-corrected chi connectivity index (χ0v) is 13.2. The van der Waals surface area contributed by atoms with Crippen LogP contribution in [0.1, 0.15) is 23.7 Å². The summed E-state index contributed by atoms with van der Waals surface area (Å²) < 4.78 is 12.6. The molecule has 3 N–H and O–H groups in total. The number of rotatable bonds is 7. The van der Waals surface area contributed by atoms with Crippen molar-refractivity contribution < 1.29 is 9.47 Å². The standard InChI is InChI=1S/C15H22N6O2/c1-22-5-3-21-10-17-7-12(21)8-18-14-6-13(19-15(16)20-14)11-2-4-23-9-11/h6-7,10-11H,2-5,8-9H2,1H3,(H3,16,18,19,20)/t11-/m1/s1. The van der Waals surface area contributed by atoms with E-state index in [2.05, 4.69) is 20.3 Å². The van der Waals surface area contributed by atoms with Crippen LogP contribution in [0.3, 0.4) is 0 Å². The van der Waals surface area contributed by atoms with Crippen LogP contribution in [0.25, 0.3) is 0 Å². The first-order chi connectivity index (χ1) is 11.3. The molecule has 1 atom stereocenters. The maximum atomic E-state index is 5.83. The Bertz CT molecular complexity index is 639. The van der Waals surface area contributed by atoms with Gasteiger partial charge in [0.25, 0.3) is 0 Å². The number of hydrogen-bond donors (Lipinski definition) is 2. The van der Waals surface area contributed by atoms with E-state index in [0.29, 0.717) is 25.7 Å². The summed E-state index contributed by atoms with van der Waals surface area (Å²) in [5.41, 5.74) is 7.83. The Balaban J connectivity index is 1.67. The molecular weight excluding hydrogens is 296 g/mol. The predicted molar refractivity (Wildman–Crippen MR) is 86.1 cm³/mol. The van der Waals surface area contributed by atoms with Gasteiger partial charge < -0.3 is 25.1 Å². The Morgan fingerprint density at radius 1 is 1.48 bits per heavy atom. The molecule has 1 saturated heterocycles. The molecule has 0 unspecified atom stereocenters. The number of ether oxygens (including phenoxy) is 2. The molecule has 0 saturated carbocycles. The van der Waals surface area contributed by atoms with Gasteiger partial charge in [0.05, 0.1) is 37.5 Å². The van der Waals surface area contributed by atoms with Gasteiger partial charge >= 0.3 is 0 Å². The molecule has 0 spiro atoms. The molecule has 1 aliphatic heterocycles. The van der Waals surface area contributed by atoms with E-state index >= 15 is 0 Å². The number of nitrogen functional groups attached to an aromatic ring is 1. The quantitative estimate of drug-likeness (QED) is 0.786. The van der Waals surface area contributed by atoms with E-state index in [4.69, 9.17) is 15.2 Å². The number of aromatic nitrogens is 4. The van der Waals surface area contributed by atoms with Gasteiger partial charge in [0.1, 0.15) is 5.82 Å². The maximum Gasteiger partial charge on any atom is 0.222 e. The van der Waals surface area contributed by atoms with Crippen LogP contribution in [0.5, 0.6) is 0 Å². The summed E-state index contributed by atoms with van der Waals surface area (Å²) in [6, 6.07) is 1.95. The van der Waals surface area contributed by atoms with Gasteiger partial charge in [-0.15, -0.1) is 0 Å². The molecule has 3 rings (SSSR count). The largest absolute Gasteiger partial charge is 0.383 e. The lowest BCUT2D eigenvalue weighted by Crippen LogP contribution is -2.12. The third kappa shape index (κ3) is 3.96. The molecule has 0 bridgehead atoms. The lowest BCUT2D eigenvalue weighted by atomic mass is 10.0. The summed E-state index contributed by atoms with van der Waals surface area (Å²) in [6.07, 6.45) is 4.60. The van der Waals surface area contributed by atoms with Crippen LogP contribution in [0.15, 0.2) is 18.6 Å². The second kappa shape index (κ2) is 7.38. The van der Waals surface area contributed by atoms with Crippen molar-refractivity contribution >= 4 is 11.8 Å². The van der Waals surface area contributed by atoms with Crippen molar-refractivity contribution in [2.45, 2.75) is 25.4 Å². The fourth-order valence-electron chi connectivity index (χ4n) is 2.62. The summed E-state index contributed by atoms with van der Waals surface area (Å²) in [4.78, 5) is 12.8. The average molecular weight is 318 g/mol.